The van der Waals surface area contributed by atoms with Gasteiger partial charge in [-0.3, -0.25) is 0 Å². The van der Waals surface area contributed by atoms with Crippen molar-refractivity contribution in [1.29, 1.82) is 0 Å². The van der Waals surface area contributed by atoms with Crippen molar-refractivity contribution in [1.82, 2.24) is 14.5 Å². The molecule has 0 amide bonds. The topological polar surface area (TPSA) is 61.1 Å². The summed E-state index contributed by atoms with van der Waals surface area (Å²) in [6, 6.07) is 14.8. The third-order valence-corrected chi connectivity index (χ3v) is 7.37. The van der Waals surface area contributed by atoms with E-state index in [1.54, 1.807) is 13.4 Å². The highest BCUT2D eigenvalue weighted by Gasteiger charge is 2.54. The van der Waals surface area contributed by atoms with Crippen LogP contribution in [0.15, 0.2) is 65.7 Å². The molecule has 0 N–H and O–H groups in total. The number of rotatable bonds is 4. The quantitative estimate of drug-likeness (QED) is 0.547. The summed E-state index contributed by atoms with van der Waals surface area (Å²) in [4.78, 5) is 12.8. The van der Waals surface area contributed by atoms with Gasteiger partial charge in [-0.15, -0.1) is 0 Å². The highest BCUT2D eigenvalue weighted by atomic mass is 16.7. The predicted molar refractivity (Wildman–Crippen MR) is 134 cm³/mol. The number of nitrogens with zero attached hydrogens (tertiary/aromatic N) is 4. The maximum atomic E-state index is 6.16. The normalized spacial score (nSPS) is 23.6. The molecule has 180 valence electrons. The molecule has 0 aliphatic carbocycles. The zero-order valence-electron chi connectivity index (χ0n) is 20.6. The molecule has 6 rings (SSSR count). The number of aryl methyl sites for hydroxylation is 2. The Bertz CT molecular complexity index is 1340. The maximum Gasteiger partial charge on any atom is 0.234 e. The third-order valence-electron chi connectivity index (χ3n) is 7.37. The minimum Gasteiger partial charge on any atom is -0.495 e. The first-order chi connectivity index (χ1) is 16.9. The minimum atomic E-state index is -0.647. The number of methoxy groups -OCH3 is 1. The summed E-state index contributed by atoms with van der Waals surface area (Å²) in [5.41, 5.74) is 5.88. The van der Waals surface area contributed by atoms with Crippen molar-refractivity contribution >= 4 is 11.9 Å². The highest BCUT2D eigenvalue weighted by molar-refractivity contribution is 6.04. The first kappa shape index (κ1) is 21.9. The fraction of sp³-hybridized carbons (Fsp3) is 0.357. The van der Waals surface area contributed by atoms with Gasteiger partial charge in [0.25, 0.3) is 0 Å². The van der Waals surface area contributed by atoms with E-state index in [1.807, 2.05) is 17.7 Å². The van der Waals surface area contributed by atoms with E-state index in [0.717, 1.165) is 65.8 Å². The van der Waals surface area contributed by atoms with Gasteiger partial charge in [-0.1, -0.05) is 41.1 Å². The Hall–Kier alpha value is -3.58. The zero-order chi connectivity index (χ0) is 24.2. The van der Waals surface area contributed by atoms with Crippen molar-refractivity contribution in [3.8, 4) is 11.4 Å². The summed E-state index contributed by atoms with van der Waals surface area (Å²) in [5, 5.41) is 4.61. The fourth-order valence-electron chi connectivity index (χ4n) is 5.29. The van der Waals surface area contributed by atoms with E-state index in [4.69, 9.17) is 14.3 Å². The number of imidazole rings is 1. The average Bonchev–Trinajstić information content (AvgIpc) is 3.42. The van der Waals surface area contributed by atoms with Crippen LogP contribution in [0.2, 0.25) is 0 Å². The van der Waals surface area contributed by atoms with Crippen LogP contribution in [0.1, 0.15) is 35.7 Å². The summed E-state index contributed by atoms with van der Waals surface area (Å²) in [5.74, 6) is 1.69. The number of amidine groups is 1. The number of hydrogen-bond acceptors (Lipinski definition) is 6. The zero-order valence-corrected chi connectivity index (χ0v) is 20.6. The lowest BCUT2D eigenvalue weighted by molar-refractivity contribution is -0.159. The van der Waals surface area contributed by atoms with Gasteiger partial charge in [-0.25, -0.2) is 4.98 Å². The van der Waals surface area contributed by atoms with Gasteiger partial charge < -0.3 is 23.8 Å². The lowest BCUT2D eigenvalue weighted by atomic mass is 9.74. The van der Waals surface area contributed by atoms with Gasteiger partial charge in [0, 0.05) is 30.6 Å². The Morgan fingerprint density at radius 3 is 2.54 bits per heavy atom. The van der Waals surface area contributed by atoms with E-state index in [-0.39, 0.29) is 5.41 Å². The summed E-state index contributed by atoms with van der Waals surface area (Å²) >= 11 is 0. The van der Waals surface area contributed by atoms with Gasteiger partial charge in [0.2, 0.25) is 5.72 Å². The monoisotopic (exact) mass is 470 g/mol. The molecule has 2 aromatic carbocycles. The van der Waals surface area contributed by atoms with Gasteiger partial charge in [0.15, 0.2) is 5.84 Å². The molecule has 3 aliphatic rings. The van der Waals surface area contributed by atoms with Crippen LogP contribution in [0.4, 0.5) is 0 Å². The predicted octanol–water partition coefficient (Wildman–Crippen LogP) is 4.82. The molecule has 2 fully saturated rings. The van der Waals surface area contributed by atoms with Crippen LogP contribution in [-0.4, -0.2) is 47.2 Å². The van der Waals surface area contributed by atoms with E-state index in [1.165, 1.54) is 5.56 Å². The minimum absolute atomic E-state index is 0.0723. The molecular weight excluding hydrogens is 440 g/mol. The van der Waals surface area contributed by atoms with E-state index >= 15 is 0 Å². The van der Waals surface area contributed by atoms with Gasteiger partial charge in [0.1, 0.15) is 5.75 Å². The second-order valence-electron chi connectivity index (χ2n) is 10.1. The first-order valence-electron chi connectivity index (χ1n) is 12.0. The van der Waals surface area contributed by atoms with E-state index in [0.29, 0.717) is 0 Å². The molecule has 3 aliphatic heterocycles. The molecule has 0 saturated carbocycles. The molecule has 1 aromatic heterocycles. The lowest BCUT2D eigenvalue weighted by Crippen LogP contribution is -2.59. The Morgan fingerprint density at radius 1 is 1.09 bits per heavy atom. The summed E-state index contributed by atoms with van der Waals surface area (Å²) < 4.78 is 13.4. The highest BCUT2D eigenvalue weighted by Crippen LogP contribution is 2.48. The molecule has 35 heavy (non-hydrogen) atoms. The molecule has 1 spiro atoms. The van der Waals surface area contributed by atoms with Gasteiger partial charge >= 0.3 is 0 Å². The van der Waals surface area contributed by atoms with Crippen LogP contribution in [0, 0.1) is 19.3 Å². The number of fused-ring (bicyclic) bond motifs is 1. The van der Waals surface area contributed by atoms with Gasteiger partial charge in [-0.05, 0) is 49.6 Å². The molecule has 7 nitrogen and oxygen atoms in total. The molecule has 0 radical (unpaired) electrons. The Labute approximate surface area is 205 Å². The van der Waals surface area contributed by atoms with Gasteiger partial charge in [0.05, 0.1) is 38.0 Å². The molecule has 3 aromatic rings. The van der Waals surface area contributed by atoms with Crippen LogP contribution < -0.4 is 4.74 Å². The Kier molecular flexibility index (Phi) is 5.00. The smallest absolute Gasteiger partial charge is 0.234 e. The summed E-state index contributed by atoms with van der Waals surface area (Å²) in [6.45, 7) is 8.54. The SMILES string of the molecule is COc1cc(/C=C2\CC3(COC3)CN3C2=NOC3(C)c2ccc(C)cc2)ccc1-n1cnc(C)c1. The Balaban J connectivity index is 1.37. The first-order valence-corrected chi connectivity index (χ1v) is 12.0. The average molecular weight is 471 g/mol. The van der Waals surface area contributed by atoms with E-state index in [2.05, 4.69) is 77.4 Å². The maximum absolute atomic E-state index is 6.16. The molecule has 4 heterocycles. The largest absolute Gasteiger partial charge is 0.495 e. The molecule has 0 bridgehead atoms. The van der Waals surface area contributed by atoms with Crippen LogP contribution in [-0.2, 0) is 15.3 Å². The van der Waals surface area contributed by atoms with Crippen LogP contribution in [0.3, 0.4) is 0 Å². The number of piperidine rings is 1. The molecule has 7 heteroatoms. The van der Waals surface area contributed by atoms with Crippen molar-refractivity contribution < 1.29 is 14.3 Å². The van der Waals surface area contributed by atoms with Crippen molar-refractivity contribution in [2.24, 2.45) is 10.6 Å². The number of hydrogen-bond donors (Lipinski definition) is 0. The summed E-state index contributed by atoms with van der Waals surface area (Å²) in [7, 11) is 1.70. The molecule has 1 unspecified atom stereocenters. The fourth-order valence-corrected chi connectivity index (χ4v) is 5.29. The third kappa shape index (κ3) is 3.62. The number of benzene rings is 2. The Morgan fingerprint density at radius 2 is 1.89 bits per heavy atom. The number of aromatic nitrogens is 2. The second kappa shape index (κ2) is 7.99. The van der Waals surface area contributed by atoms with Crippen molar-refractivity contribution in [2.45, 2.75) is 32.9 Å². The number of oxime groups is 1. The van der Waals surface area contributed by atoms with Crippen molar-refractivity contribution in [3.05, 3.63) is 82.9 Å². The lowest BCUT2D eigenvalue weighted by Gasteiger charge is -2.51. The molecule has 2 saturated heterocycles. The van der Waals surface area contributed by atoms with Gasteiger partial charge in [-0.2, -0.15) is 0 Å². The number of ether oxygens (including phenoxy) is 2. The van der Waals surface area contributed by atoms with Crippen LogP contribution >= 0.6 is 0 Å². The van der Waals surface area contributed by atoms with Crippen molar-refractivity contribution in [2.75, 3.05) is 26.9 Å². The van der Waals surface area contributed by atoms with E-state index in [9.17, 15) is 0 Å². The standard InChI is InChI=1S/C28H30N4O3/c1-19-5-8-23(9-6-19)27(3)32-15-28(16-34-17-28)13-22(26(32)30-35-27)11-21-7-10-24(25(12-21)33-4)31-14-20(2)29-18-31/h5-12,14,18H,13,15-17H2,1-4H3/b22-11+. The summed E-state index contributed by atoms with van der Waals surface area (Å²) in [6.07, 6.45) is 6.91. The van der Waals surface area contributed by atoms with Crippen LogP contribution in [0.25, 0.3) is 11.8 Å². The molecular formula is C28H30N4O3. The van der Waals surface area contributed by atoms with Crippen LogP contribution in [0.5, 0.6) is 5.75 Å². The van der Waals surface area contributed by atoms with Crippen molar-refractivity contribution in [3.63, 3.8) is 0 Å². The second-order valence-corrected chi connectivity index (χ2v) is 10.1. The van der Waals surface area contributed by atoms with E-state index < -0.39 is 5.72 Å². The molecule has 1 atom stereocenters.